The fourth-order valence-corrected chi connectivity index (χ4v) is 2.30. The van der Waals surface area contributed by atoms with Crippen molar-refractivity contribution < 1.29 is 5.11 Å². The average Bonchev–Trinajstić information content (AvgIpc) is 2.52. The SMILES string of the molecule is CC#CCCC(O)C1CCCC1C. The van der Waals surface area contributed by atoms with E-state index in [2.05, 4.69) is 18.8 Å². The molecule has 0 amide bonds. The molecule has 0 aromatic heterocycles. The molecule has 3 atom stereocenters. The minimum atomic E-state index is -0.113. The van der Waals surface area contributed by atoms with E-state index in [1.807, 2.05) is 6.92 Å². The topological polar surface area (TPSA) is 20.2 Å². The van der Waals surface area contributed by atoms with Gasteiger partial charge in [-0.2, -0.15) is 0 Å². The Morgan fingerprint density at radius 2 is 2.23 bits per heavy atom. The van der Waals surface area contributed by atoms with Crippen LogP contribution in [0, 0.1) is 23.7 Å². The van der Waals surface area contributed by atoms with Gasteiger partial charge in [-0.05, 0) is 31.6 Å². The van der Waals surface area contributed by atoms with Gasteiger partial charge in [-0.15, -0.1) is 11.8 Å². The van der Waals surface area contributed by atoms with E-state index in [1.54, 1.807) is 0 Å². The van der Waals surface area contributed by atoms with Crippen molar-refractivity contribution in [1.82, 2.24) is 0 Å². The van der Waals surface area contributed by atoms with Gasteiger partial charge in [0.1, 0.15) is 0 Å². The minimum Gasteiger partial charge on any atom is -0.393 e. The molecule has 1 fully saturated rings. The van der Waals surface area contributed by atoms with Gasteiger partial charge in [0.15, 0.2) is 0 Å². The molecule has 0 aromatic carbocycles. The Bertz CT molecular complexity index is 199. The number of aliphatic hydroxyl groups excluding tert-OH is 1. The quantitative estimate of drug-likeness (QED) is 0.662. The van der Waals surface area contributed by atoms with Crippen LogP contribution in [0.3, 0.4) is 0 Å². The van der Waals surface area contributed by atoms with Gasteiger partial charge >= 0.3 is 0 Å². The molecule has 1 aliphatic rings. The largest absolute Gasteiger partial charge is 0.393 e. The summed E-state index contributed by atoms with van der Waals surface area (Å²) < 4.78 is 0. The zero-order valence-electron chi connectivity index (χ0n) is 8.71. The first-order valence-corrected chi connectivity index (χ1v) is 5.33. The van der Waals surface area contributed by atoms with Crippen LogP contribution in [0.4, 0.5) is 0 Å². The lowest BCUT2D eigenvalue weighted by molar-refractivity contribution is 0.0833. The van der Waals surface area contributed by atoms with Crippen LogP contribution in [0.25, 0.3) is 0 Å². The third-order valence-corrected chi connectivity index (χ3v) is 3.16. The van der Waals surface area contributed by atoms with E-state index in [0.717, 1.165) is 12.8 Å². The van der Waals surface area contributed by atoms with Crippen molar-refractivity contribution in [3.8, 4) is 11.8 Å². The Hall–Kier alpha value is -0.480. The van der Waals surface area contributed by atoms with E-state index in [9.17, 15) is 5.11 Å². The Morgan fingerprint density at radius 1 is 1.46 bits per heavy atom. The van der Waals surface area contributed by atoms with Crippen molar-refractivity contribution in [2.75, 3.05) is 0 Å². The van der Waals surface area contributed by atoms with Gasteiger partial charge in [-0.3, -0.25) is 0 Å². The second-order valence-electron chi connectivity index (χ2n) is 4.10. The highest BCUT2D eigenvalue weighted by molar-refractivity contribution is 4.95. The summed E-state index contributed by atoms with van der Waals surface area (Å²) in [6.45, 7) is 4.11. The summed E-state index contributed by atoms with van der Waals surface area (Å²) in [7, 11) is 0. The maximum Gasteiger partial charge on any atom is 0.0580 e. The zero-order chi connectivity index (χ0) is 9.68. The second kappa shape index (κ2) is 5.29. The van der Waals surface area contributed by atoms with E-state index < -0.39 is 0 Å². The van der Waals surface area contributed by atoms with Gasteiger partial charge in [0.2, 0.25) is 0 Å². The first-order chi connectivity index (χ1) is 6.25. The Balaban J connectivity index is 2.28. The van der Waals surface area contributed by atoms with Crippen molar-refractivity contribution in [2.45, 2.75) is 52.1 Å². The number of aliphatic hydroxyl groups is 1. The standard InChI is InChI=1S/C12H20O/c1-3-4-5-9-12(13)11-8-6-7-10(11)2/h10-13H,5-9H2,1-2H3. The van der Waals surface area contributed by atoms with Crippen LogP contribution in [-0.2, 0) is 0 Å². The third-order valence-electron chi connectivity index (χ3n) is 3.16. The van der Waals surface area contributed by atoms with Crippen LogP contribution in [0.2, 0.25) is 0 Å². The molecule has 0 radical (unpaired) electrons. The van der Waals surface area contributed by atoms with Crippen LogP contribution >= 0.6 is 0 Å². The van der Waals surface area contributed by atoms with E-state index in [-0.39, 0.29) is 6.10 Å². The highest BCUT2D eigenvalue weighted by Gasteiger charge is 2.28. The van der Waals surface area contributed by atoms with Crippen LogP contribution < -0.4 is 0 Å². The lowest BCUT2D eigenvalue weighted by Crippen LogP contribution is -2.22. The average molecular weight is 180 g/mol. The van der Waals surface area contributed by atoms with Crippen molar-refractivity contribution >= 4 is 0 Å². The lowest BCUT2D eigenvalue weighted by Gasteiger charge is -2.21. The summed E-state index contributed by atoms with van der Waals surface area (Å²) in [5.74, 6) is 7.12. The van der Waals surface area contributed by atoms with E-state index >= 15 is 0 Å². The zero-order valence-corrected chi connectivity index (χ0v) is 8.71. The van der Waals surface area contributed by atoms with Crippen LogP contribution in [0.1, 0.15) is 46.0 Å². The van der Waals surface area contributed by atoms with Crippen molar-refractivity contribution in [2.24, 2.45) is 11.8 Å². The lowest BCUT2D eigenvalue weighted by atomic mass is 9.90. The van der Waals surface area contributed by atoms with Gasteiger partial charge < -0.3 is 5.11 Å². The van der Waals surface area contributed by atoms with Crippen LogP contribution in [0.15, 0.2) is 0 Å². The van der Waals surface area contributed by atoms with Gasteiger partial charge in [0, 0.05) is 6.42 Å². The van der Waals surface area contributed by atoms with E-state index in [4.69, 9.17) is 0 Å². The molecule has 1 heteroatoms. The third kappa shape index (κ3) is 3.04. The number of rotatable bonds is 3. The van der Waals surface area contributed by atoms with Crippen LogP contribution in [0.5, 0.6) is 0 Å². The molecule has 0 aromatic rings. The molecular weight excluding hydrogens is 160 g/mol. The molecular formula is C12H20O. The predicted octanol–water partition coefficient (Wildman–Crippen LogP) is 2.59. The predicted molar refractivity (Wildman–Crippen MR) is 55.2 cm³/mol. The molecule has 0 aliphatic heterocycles. The van der Waals surface area contributed by atoms with Gasteiger partial charge in [-0.25, -0.2) is 0 Å². The normalized spacial score (nSPS) is 29.5. The molecule has 1 rings (SSSR count). The van der Waals surface area contributed by atoms with E-state index in [0.29, 0.717) is 11.8 Å². The van der Waals surface area contributed by atoms with Crippen LogP contribution in [-0.4, -0.2) is 11.2 Å². The molecule has 3 unspecified atom stereocenters. The molecule has 0 saturated heterocycles. The molecule has 1 saturated carbocycles. The molecule has 13 heavy (non-hydrogen) atoms. The Morgan fingerprint density at radius 3 is 2.77 bits per heavy atom. The summed E-state index contributed by atoms with van der Waals surface area (Å²) in [4.78, 5) is 0. The second-order valence-corrected chi connectivity index (χ2v) is 4.10. The summed E-state index contributed by atoms with van der Waals surface area (Å²) in [6, 6.07) is 0. The maximum atomic E-state index is 9.88. The molecule has 0 spiro atoms. The monoisotopic (exact) mass is 180 g/mol. The van der Waals surface area contributed by atoms with Gasteiger partial charge in [-0.1, -0.05) is 19.8 Å². The smallest absolute Gasteiger partial charge is 0.0580 e. The number of hydrogen-bond donors (Lipinski definition) is 1. The Kier molecular flexibility index (Phi) is 4.32. The Labute approximate surface area is 81.5 Å². The van der Waals surface area contributed by atoms with Gasteiger partial charge in [0.05, 0.1) is 6.10 Å². The molecule has 74 valence electrons. The molecule has 1 N–H and O–H groups in total. The highest BCUT2D eigenvalue weighted by Crippen LogP contribution is 2.34. The molecule has 1 nitrogen and oxygen atoms in total. The minimum absolute atomic E-state index is 0.113. The summed E-state index contributed by atoms with van der Waals surface area (Å²) >= 11 is 0. The van der Waals surface area contributed by atoms with Gasteiger partial charge in [0.25, 0.3) is 0 Å². The first kappa shape index (κ1) is 10.6. The van der Waals surface area contributed by atoms with Crippen molar-refractivity contribution in [1.29, 1.82) is 0 Å². The van der Waals surface area contributed by atoms with Crippen molar-refractivity contribution in [3.63, 3.8) is 0 Å². The maximum absolute atomic E-state index is 9.88. The number of hydrogen-bond acceptors (Lipinski definition) is 1. The van der Waals surface area contributed by atoms with E-state index in [1.165, 1.54) is 19.3 Å². The fourth-order valence-electron chi connectivity index (χ4n) is 2.30. The summed E-state index contributed by atoms with van der Waals surface area (Å²) in [5, 5.41) is 9.88. The summed E-state index contributed by atoms with van der Waals surface area (Å²) in [6.07, 6.45) is 5.39. The summed E-state index contributed by atoms with van der Waals surface area (Å²) in [5.41, 5.74) is 0. The molecule has 0 heterocycles. The first-order valence-electron chi connectivity index (χ1n) is 5.33. The highest BCUT2D eigenvalue weighted by atomic mass is 16.3. The molecule has 0 bridgehead atoms. The molecule has 1 aliphatic carbocycles. The fraction of sp³-hybridized carbons (Fsp3) is 0.833. The van der Waals surface area contributed by atoms with Crippen molar-refractivity contribution in [3.05, 3.63) is 0 Å².